The number of rotatable bonds is 2. The van der Waals surface area contributed by atoms with E-state index in [1.165, 1.54) is 0 Å². The molecule has 102 valence electrons. The van der Waals surface area contributed by atoms with Crippen LogP contribution in [0.1, 0.15) is 34.8 Å². The zero-order valence-electron chi connectivity index (χ0n) is 11.5. The number of fused-ring (bicyclic) bond motifs is 1. The van der Waals surface area contributed by atoms with Crippen LogP contribution < -0.4 is 4.74 Å². The van der Waals surface area contributed by atoms with Crippen molar-refractivity contribution >= 4 is 11.8 Å². The van der Waals surface area contributed by atoms with Gasteiger partial charge in [0.05, 0.1) is 18.8 Å². The summed E-state index contributed by atoms with van der Waals surface area (Å²) in [5.41, 5.74) is 2.40. The molecule has 0 saturated heterocycles. The number of hydrogen-bond donors (Lipinski definition) is 0. The standard InChI is InChI=1S/C15H18O4/c1-4-18-15(17)11-5-6-19-12-8-9(2)7-10(3)13(12)14(11)16/h7-8,11H,4-6H2,1-3H3. The van der Waals surface area contributed by atoms with E-state index in [0.29, 0.717) is 24.3 Å². The van der Waals surface area contributed by atoms with Crippen LogP contribution in [-0.2, 0) is 9.53 Å². The molecular weight excluding hydrogens is 244 g/mol. The summed E-state index contributed by atoms with van der Waals surface area (Å²) in [5.74, 6) is -0.815. The van der Waals surface area contributed by atoms with Gasteiger partial charge >= 0.3 is 5.97 Å². The molecule has 0 N–H and O–H groups in total. The van der Waals surface area contributed by atoms with Gasteiger partial charge in [-0.05, 0) is 38.0 Å². The third-order valence-electron chi connectivity index (χ3n) is 3.24. The van der Waals surface area contributed by atoms with Crippen LogP contribution in [0.25, 0.3) is 0 Å². The fourth-order valence-electron chi connectivity index (χ4n) is 2.42. The van der Waals surface area contributed by atoms with Crippen LogP contribution in [-0.4, -0.2) is 25.0 Å². The number of benzene rings is 1. The quantitative estimate of drug-likeness (QED) is 0.607. The predicted molar refractivity (Wildman–Crippen MR) is 70.5 cm³/mol. The van der Waals surface area contributed by atoms with Crippen molar-refractivity contribution in [2.24, 2.45) is 5.92 Å². The van der Waals surface area contributed by atoms with Gasteiger partial charge in [-0.2, -0.15) is 0 Å². The van der Waals surface area contributed by atoms with Crippen molar-refractivity contribution in [1.82, 2.24) is 0 Å². The molecule has 0 fully saturated rings. The predicted octanol–water partition coefficient (Wildman–Crippen LogP) is 2.45. The van der Waals surface area contributed by atoms with E-state index >= 15 is 0 Å². The lowest BCUT2D eigenvalue weighted by molar-refractivity contribution is -0.146. The zero-order chi connectivity index (χ0) is 14.0. The van der Waals surface area contributed by atoms with Crippen LogP contribution >= 0.6 is 0 Å². The molecule has 0 radical (unpaired) electrons. The summed E-state index contributed by atoms with van der Waals surface area (Å²) < 4.78 is 10.6. The van der Waals surface area contributed by atoms with Crippen LogP contribution in [0.15, 0.2) is 12.1 Å². The summed E-state index contributed by atoms with van der Waals surface area (Å²) >= 11 is 0. The summed E-state index contributed by atoms with van der Waals surface area (Å²) in [6.07, 6.45) is 0.366. The molecule has 4 nitrogen and oxygen atoms in total. The number of aryl methyl sites for hydroxylation is 2. The lowest BCUT2D eigenvalue weighted by Gasteiger charge is -2.13. The average Bonchev–Trinajstić information content (AvgIpc) is 2.48. The van der Waals surface area contributed by atoms with Crippen LogP contribution in [0.5, 0.6) is 5.75 Å². The minimum absolute atomic E-state index is 0.191. The number of Topliss-reactive ketones (excluding diaryl/α,β-unsaturated/α-hetero) is 1. The number of esters is 1. The number of ether oxygens (including phenoxy) is 2. The van der Waals surface area contributed by atoms with Gasteiger partial charge in [0.1, 0.15) is 11.7 Å². The van der Waals surface area contributed by atoms with Gasteiger partial charge in [0.2, 0.25) is 0 Å². The van der Waals surface area contributed by atoms with Crippen LogP contribution in [0.2, 0.25) is 0 Å². The Labute approximate surface area is 112 Å². The molecule has 0 spiro atoms. The maximum Gasteiger partial charge on any atom is 0.316 e. The molecular formula is C15H18O4. The Bertz CT molecular complexity index is 519. The van der Waals surface area contributed by atoms with E-state index in [4.69, 9.17) is 9.47 Å². The highest BCUT2D eigenvalue weighted by Gasteiger charge is 2.34. The zero-order valence-corrected chi connectivity index (χ0v) is 11.5. The minimum Gasteiger partial charge on any atom is -0.493 e. The molecule has 0 saturated carbocycles. The number of carbonyl (C=O) groups is 2. The summed E-state index contributed by atoms with van der Waals surface area (Å²) in [4.78, 5) is 24.4. The maximum absolute atomic E-state index is 12.5. The van der Waals surface area contributed by atoms with Gasteiger partial charge < -0.3 is 9.47 Å². The van der Waals surface area contributed by atoms with Gasteiger partial charge in [-0.3, -0.25) is 9.59 Å². The van der Waals surface area contributed by atoms with E-state index in [2.05, 4.69) is 0 Å². The van der Waals surface area contributed by atoms with Crippen molar-refractivity contribution in [2.45, 2.75) is 27.2 Å². The maximum atomic E-state index is 12.5. The van der Waals surface area contributed by atoms with Crippen molar-refractivity contribution in [1.29, 1.82) is 0 Å². The fraction of sp³-hybridized carbons (Fsp3) is 0.467. The highest BCUT2D eigenvalue weighted by atomic mass is 16.5. The second-order valence-electron chi connectivity index (χ2n) is 4.76. The molecule has 0 amide bonds. The topological polar surface area (TPSA) is 52.6 Å². The molecule has 1 aliphatic heterocycles. The first kappa shape index (κ1) is 13.6. The Kier molecular flexibility index (Phi) is 3.88. The first-order chi connectivity index (χ1) is 9.04. The van der Waals surface area contributed by atoms with Crippen LogP contribution in [0.3, 0.4) is 0 Å². The Morgan fingerprint density at radius 2 is 2.16 bits per heavy atom. The normalized spacial score (nSPS) is 18.3. The molecule has 2 rings (SSSR count). The minimum atomic E-state index is -0.748. The lowest BCUT2D eigenvalue weighted by atomic mass is 9.92. The SMILES string of the molecule is CCOC(=O)C1CCOc2cc(C)cc(C)c2C1=O. The first-order valence-corrected chi connectivity index (χ1v) is 6.49. The van der Waals surface area contributed by atoms with Crippen LogP contribution in [0, 0.1) is 19.8 Å². The van der Waals surface area contributed by atoms with E-state index in [0.717, 1.165) is 11.1 Å². The van der Waals surface area contributed by atoms with Crippen molar-refractivity contribution in [3.05, 3.63) is 28.8 Å². The number of ketones is 1. The third-order valence-corrected chi connectivity index (χ3v) is 3.24. The van der Waals surface area contributed by atoms with Crippen molar-refractivity contribution in [3.8, 4) is 5.75 Å². The average molecular weight is 262 g/mol. The molecule has 19 heavy (non-hydrogen) atoms. The molecule has 1 aliphatic rings. The molecule has 4 heteroatoms. The van der Waals surface area contributed by atoms with E-state index in [1.807, 2.05) is 26.0 Å². The lowest BCUT2D eigenvalue weighted by Crippen LogP contribution is -2.26. The summed E-state index contributed by atoms with van der Waals surface area (Å²) in [7, 11) is 0. The fourth-order valence-corrected chi connectivity index (χ4v) is 2.42. The Balaban J connectivity index is 2.41. The summed E-state index contributed by atoms with van der Waals surface area (Å²) in [6.45, 7) is 6.18. The Hall–Kier alpha value is -1.84. The van der Waals surface area contributed by atoms with Gasteiger partial charge in [0.15, 0.2) is 5.78 Å². The van der Waals surface area contributed by atoms with E-state index in [-0.39, 0.29) is 12.4 Å². The third kappa shape index (κ3) is 2.62. The molecule has 1 heterocycles. The number of hydrogen-bond acceptors (Lipinski definition) is 4. The van der Waals surface area contributed by atoms with Crippen molar-refractivity contribution in [2.75, 3.05) is 13.2 Å². The van der Waals surface area contributed by atoms with Gasteiger partial charge in [0.25, 0.3) is 0 Å². The summed E-state index contributed by atoms with van der Waals surface area (Å²) in [5, 5.41) is 0. The van der Waals surface area contributed by atoms with Gasteiger partial charge in [0, 0.05) is 6.42 Å². The first-order valence-electron chi connectivity index (χ1n) is 6.49. The van der Waals surface area contributed by atoms with E-state index in [9.17, 15) is 9.59 Å². The number of carbonyl (C=O) groups excluding carboxylic acids is 2. The van der Waals surface area contributed by atoms with E-state index in [1.54, 1.807) is 6.92 Å². The molecule has 1 aromatic carbocycles. The summed E-state index contributed by atoms with van der Waals surface area (Å²) in [6, 6.07) is 3.77. The largest absolute Gasteiger partial charge is 0.493 e. The molecule has 0 aromatic heterocycles. The van der Waals surface area contributed by atoms with Gasteiger partial charge in [-0.25, -0.2) is 0 Å². The second kappa shape index (κ2) is 5.43. The molecule has 1 atom stereocenters. The van der Waals surface area contributed by atoms with Crippen molar-refractivity contribution < 1.29 is 19.1 Å². The Morgan fingerprint density at radius 1 is 1.42 bits per heavy atom. The molecule has 1 unspecified atom stereocenters. The monoisotopic (exact) mass is 262 g/mol. The smallest absolute Gasteiger partial charge is 0.316 e. The highest BCUT2D eigenvalue weighted by Crippen LogP contribution is 2.31. The van der Waals surface area contributed by atoms with E-state index < -0.39 is 11.9 Å². The highest BCUT2D eigenvalue weighted by molar-refractivity contribution is 6.11. The van der Waals surface area contributed by atoms with Crippen LogP contribution in [0.4, 0.5) is 0 Å². The van der Waals surface area contributed by atoms with Crippen molar-refractivity contribution in [3.63, 3.8) is 0 Å². The van der Waals surface area contributed by atoms with Gasteiger partial charge in [-0.1, -0.05) is 6.07 Å². The molecule has 0 bridgehead atoms. The molecule has 1 aromatic rings. The Morgan fingerprint density at radius 3 is 2.84 bits per heavy atom. The second-order valence-corrected chi connectivity index (χ2v) is 4.76. The van der Waals surface area contributed by atoms with Gasteiger partial charge in [-0.15, -0.1) is 0 Å². The molecule has 0 aliphatic carbocycles.